The van der Waals surface area contributed by atoms with Crippen molar-refractivity contribution in [1.29, 1.82) is 0 Å². The molecule has 2 heterocycles. The molecule has 0 spiro atoms. The van der Waals surface area contributed by atoms with Gasteiger partial charge in [0.2, 0.25) is 11.8 Å². The minimum absolute atomic E-state index is 0.128. The highest BCUT2D eigenvalue weighted by Crippen LogP contribution is 2.31. The molecule has 0 N–H and O–H groups in total. The van der Waals surface area contributed by atoms with Gasteiger partial charge in [-0.3, -0.25) is 9.69 Å². The fourth-order valence-corrected chi connectivity index (χ4v) is 4.07. The summed E-state index contributed by atoms with van der Waals surface area (Å²) in [6.45, 7) is 5.51. The van der Waals surface area contributed by atoms with E-state index in [-0.39, 0.29) is 17.5 Å². The number of nitrogens with zero attached hydrogens (tertiary/aromatic N) is 3. The van der Waals surface area contributed by atoms with Crippen molar-refractivity contribution in [3.63, 3.8) is 0 Å². The lowest BCUT2D eigenvalue weighted by atomic mass is 10.1. The Kier molecular flexibility index (Phi) is 5.87. The fraction of sp³-hybridized carbons (Fsp3) is 0.167. The van der Waals surface area contributed by atoms with E-state index < -0.39 is 5.97 Å². The number of hydrogen-bond donors (Lipinski definition) is 0. The van der Waals surface area contributed by atoms with Crippen molar-refractivity contribution in [2.24, 2.45) is 4.99 Å². The van der Waals surface area contributed by atoms with Crippen molar-refractivity contribution in [2.45, 2.75) is 20.8 Å². The second kappa shape index (κ2) is 8.76. The summed E-state index contributed by atoms with van der Waals surface area (Å²) in [4.78, 5) is 35.2. The molecule has 3 aromatic rings. The quantitative estimate of drug-likeness (QED) is 0.415. The van der Waals surface area contributed by atoms with Crippen LogP contribution in [0.3, 0.4) is 0 Å². The minimum atomic E-state index is -0.571. The maximum atomic E-state index is 12.4. The number of aliphatic imine (C=N–C) groups is 1. The highest BCUT2D eigenvalue weighted by molar-refractivity contribution is 7.14. The first-order valence-electron chi connectivity index (χ1n) is 9.87. The van der Waals surface area contributed by atoms with Gasteiger partial charge in [0, 0.05) is 12.3 Å². The molecule has 0 bridgehead atoms. The average Bonchev–Trinajstić information content (AvgIpc) is 3.37. The monoisotopic (exact) mass is 447 g/mol. The number of rotatable bonds is 5. The molecule has 0 unspecified atom stereocenters. The van der Waals surface area contributed by atoms with Crippen LogP contribution in [-0.4, -0.2) is 29.9 Å². The summed E-state index contributed by atoms with van der Waals surface area (Å²) in [6, 6.07) is 13.0. The molecule has 0 atom stereocenters. The second-order valence-electron chi connectivity index (χ2n) is 7.21. The summed E-state index contributed by atoms with van der Waals surface area (Å²) in [5.74, 6) is 0.00739. The van der Waals surface area contributed by atoms with Crippen LogP contribution in [0.25, 0.3) is 6.08 Å². The van der Waals surface area contributed by atoms with Crippen LogP contribution in [0.4, 0.5) is 10.8 Å². The van der Waals surface area contributed by atoms with Gasteiger partial charge >= 0.3 is 5.97 Å². The molecule has 1 aliphatic rings. The molecule has 0 aliphatic carbocycles. The number of ether oxygens (including phenoxy) is 2. The van der Waals surface area contributed by atoms with Gasteiger partial charge < -0.3 is 9.47 Å². The predicted octanol–water partition coefficient (Wildman–Crippen LogP) is 4.80. The molecule has 0 saturated carbocycles. The van der Waals surface area contributed by atoms with E-state index in [2.05, 4.69) is 9.98 Å². The van der Waals surface area contributed by atoms with E-state index in [9.17, 15) is 9.59 Å². The Bertz CT molecular complexity index is 1280. The van der Waals surface area contributed by atoms with Gasteiger partial charge in [-0.2, -0.15) is 0 Å². The number of cyclic esters (lactones) is 1. The summed E-state index contributed by atoms with van der Waals surface area (Å²) in [6.07, 6.45) is 1.55. The standard InChI is InChI=1S/C24H21N3O4S/c1-14-9-10-18(11-15(14)2)27(16(3)28)24-25-17(13-32-24)12-20-23(29)31-22(26-20)19-7-5-6-8-21(19)30-4/h5-13H,1-4H3/b20-12+. The Labute approximate surface area is 189 Å². The van der Waals surface area contributed by atoms with E-state index in [4.69, 9.17) is 9.47 Å². The highest BCUT2D eigenvalue weighted by Gasteiger charge is 2.27. The van der Waals surface area contributed by atoms with Gasteiger partial charge in [-0.15, -0.1) is 11.3 Å². The first-order chi connectivity index (χ1) is 15.4. The number of hydrogen-bond acceptors (Lipinski definition) is 7. The lowest BCUT2D eigenvalue weighted by Crippen LogP contribution is -2.22. The van der Waals surface area contributed by atoms with Gasteiger partial charge in [0.1, 0.15) is 5.75 Å². The summed E-state index contributed by atoms with van der Waals surface area (Å²) in [5, 5.41) is 2.27. The molecule has 8 heteroatoms. The summed E-state index contributed by atoms with van der Waals surface area (Å²) < 4.78 is 10.7. The van der Waals surface area contributed by atoms with E-state index in [0.29, 0.717) is 22.1 Å². The Hall–Kier alpha value is -3.78. The van der Waals surface area contributed by atoms with Gasteiger partial charge in [0.15, 0.2) is 10.8 Å². The van der Waals surface area contributed by atoms with Crippen molar-refractivity contribution in [3.05, 3.63) is 75.9 Å². The largest absolute Gasteiger partial charge is 0.496 e. The van der Waals surface area contributed by atoms with E-state index in [1.165, 1.54) is 18.3 Å². The van der Waals surface area contributed by atoms with Crippen molar-refractivity contribution in [3.8, 4) is 5.75 Å². The summed E-state index contributed by atoms with van der Waals surface area (Å²) in [5.41, 5.74) is 4.19. The number of anilines is 2. The Morgan fingerprint density at radius 1 is 1.16 bits per heavy atom. The van der Waals surface area contributed by atoms with Crippen LogP contribution in [0.5, 0.6) is 5.75 Å². The number of amides is 1. The number of aromatic nitrogens is 1. The molecule has 2 aromatic carbocycles. The smallest absolute Gasteiger partial charge is 0.363 e. The molecule has 162 valence electrons. The van der Waals surface area contributed by atoms with E-state index in [1.54, 1.807) is 35.6 Å². The van der Waals surface area contributed by atoms with Gasteiger partial charge in [0.05, 0.1) is 24.1 Å². The van der Waals surface area contributed by atoms with E-state index >= 15 is 0 Å². The predicted molar refractivity (Wildman–Crippen MR) is 124 cm³/mol. The van der Waals surface area contributed by atoms with Crippen molar-refractivity contribution in [1.82, 2.24) is 4.98 Å². The van der Waals surface area contributed by atoms with Crippen LogP contribution in [-0.2, 0) is 14.3 Å². The minimum Gasteiger partial charge on any atom is -0.496 e. The van der Waals surface area contributed by atoms with E-state index in [0.717, 1.165) is 16.8 Å². The SMILES string of the molecule is COc1ccccc1C1=N/C(=C/c2csc(N(C(C)=O)c3ccc(C)c(C)c3)n2)C(=O)O1. The zero-order valence-corrected chi connectivity index (χ0v) is 18.9. The lowest BCUT2D eigenvalue weighted by Gasteiger charge is -2.19. The van der Waals surface area contributed by atoms with Crippen molar-refractivity contribution < 1.29 is 19.1 Å². The van der Waals surface area contributed by atoms with Crippen LogP contribution >= 0.6 is 11.3 Å². The first kappa shape index (κ1) is 21.5. The van der Waals surface area contributed by atoms with Crippen molar-refractivity contribution in [2.75, 3.05) is 12.0 Å². The highest BCUT2D eigenvalue weighted by atomic mass is 32.1. The van der Waals surface area contributed by atoms with Crippen LogP contribution in [0.1, 0.15) is 29.3 Å². The number of para-hydroxylation sites is 1. The molecular formula is C24H21N3O4S. The number of thiazole rings is 1. The maximum absolute atomic E-state index is 12.4. The molecule has 4 rings (SSSR count). The van der Waals surface area contributed by atoms with Gasteiger partial charge in [-0.05, 0) is 55.3 Å². The number of carbonyl (C=O) groups excluding carboxylic acids is 2. The molecule has 1 aromatic heterocycles. The third kappa shape index (κ3) is 4.17. The molecule has 0 saturated heterocycles. The molecule has 0 radical (unpaired) electrons. The first-order valence-corrected chi connectivity index (χ1v) is 10.7. The lowest BCUT2D eigenvalue weighted by molar-refractivity contribution is -0.130. The molecule has 1 aliphatic heterocycles. The average molecular weight is 448 g/mol. The Balaban J connectivity index is 1.65. The third-order valence-corrected chi connectivity index (χ3v) is 5.85. The number of methoxy groups -OCH3 is 1. The third-order valence-electron chi connectivity index (χ3n) is 5.01. The number of aryl methyl sites for hydroxylation is 2. The molecular weight excluding hydrogens is 426 g/mol. The Morgan fingerprint density at radius 3 is 2.66 bits per heavy atom. The molecule has 0 fully saturated rings. The Morgan fingerprint density at radius 2 is 1.94 bits per heavy atom. The second-order valence-corrected chi connectivity index (χ2v) is 8.05. The molecule has 32 heavy (non-hydrogen) atoms. The number of esters is 1. The summed E-state index contributed by atoms with van der Waals surface area (Å²) >= 11 is 1.31. The van der Waals surface area contributed by atoms with Gasteiger partial charge in [-0.1, -0.05) is 18.2 Å². The number of carbonyl (C=O) groups is 2. The topological polar surface area (TPSA) is 81.1 Å². The van der Waals surface area contributed by atoms with Crippen LogP contribution in [0, 0.1) is 13.8 Å². The van der Waals surface area contributed by atoms with Gasteiger partial charge in [0.25, 0.3) is 0 Å². The fourth-order valence-electron chi connectivity index (χ4n) is 3.22. The van der Waals surface area contributed by atoms with E-state index in [1.807, 2.05) is 44.2 Å². The van der Waals surface area contributed by atoms with Crippen LogP contribution in [0.15, 0.2) is 58.5 Å². The van der Waals surface area contributed by atoms with Crippen LogP contribution < -0.4 is 9.64 Å². The molecule has 1 amide bonds. The maximum Gasteiger partial charge on any atom is 0.363 e. The summed E-state index contributed by atoms with van der Waals surface area (Å²) in [7, 11) is 1.54. The zero-order chi connectivity index (χ0) is 22.8. The molecule has 7 nitrogen and oxygen atoms in total. The number of benzene rings is 2. The van der Waals surface area contributed by atoms with Crippen molar-refractivity contribution >= 4 is 46.0 Å². The van der Waals surface area contributed by atoms with Crippen LogP contribution in [0.2, 0.25) is 0 Å². The normalized spacial score (nSPS) is 14.3. The zero-order valence-electron chi connectivity index (χ0n) is 18.1. The van der Waals surface area contributed by atoms with Gasteiger partial charge in [-0.25, -0.2) is 14.8 Å².